The fraction of sp³-hybridized carbons (Fsp3) is 0.923. The minimum atomic E-state index is -0.805. The monoisotopic (exact) mass is 258 g/mol. The van der Waals surface area contributed by atoms with Crippen molar-refractivity contribution in [1.29, 1.82) is 0 Å². The highest BCUT2D eigenvalue weighted by molar-refractivity contribution is 7.99. The van der Waals surface area contributed by atoms with Crippen LogP contribution in [0.1, 0.15) is 45.4 Å². The molecule has 0 unspecified atom stereocenters. The second-order valence-corrected chi connectivity index (χ2v) is 6.38. The number of hydrogen-bond acceptors (Lipinski definition) is 4. The Morgan fingerprint density at radius 2 is 1.82 bits per heavy atom. The predicted octanol–water partition coefficient (Wildman–Crippen LogP) is 2.37. The van der Waals surface area contributed by atoms with E-state index in [0.29, 0.717) is 6.61 Å². The highest BCUT2D eigenvalue weighted by atomic mass is 32.2. The maximum Gasteiger partial charge on any atom is 0.315 e. The van der Waals surface area contributed by atoms with E-state index in [1.54, 1.807) is 0 Å². The zero-order chi connectivity index (χ0) is 12.4. The van der Waals surface area contributed by atoms with Gasteiger partial charge in [0.1, 0.15) is 0 Å². The van der Waals surface area contributed by atoms with Crippen LogP contribution in [0, 0.1) is 5.41 Å². The van der Waals surface area contributed by atoms with Crippen LogP contribution in [0.4, 0.5) is 0 Å². The molecule has 0 spiro atoms. The van der Waals surface area contributed by atoms with Crippen LogP contribution in [-0.4, -0.2) is 34.8 Å². The fourth-order valence-electron chi connectivity index (χ4n) is 3.29. The summed E-state index contributed by atoms with van der Waals surface area (Å²) in [5.74, 6) is 1.76. The molecule has 1 heterocycles. The van der Waals surface area contributed by atoms with Gasteiger partial charge in [-0.05, 0) is 44.1 Å². The lowest BCUT2D eigenvalue weighted by atomic mass is 9.66. The van der Waals surface area contributed by atoms with Crippen molar-refractivity contribution >= 4 is 17.7 Å². The van der Waals surface area contributed by atoms with Crippen molar-refractivity contribution in [2.45, 2.75) is 51.0 Å². The van der Waals surface area contributed by atoms with Gasteiger partial charge in [0.05, 0.1) is 17.6 Å². The Bertz CT molecular complexity index is 278. The molecule has 17 heavy (non-hydrogen) atoms. The zero-order valence-electron chi connectivity index (χ0n) is 10.5. The molecular weight excluding hydrogens is 236 g/mol. The molecule has 98 valence electrons. The molecular formula is C13H22O3S. The Morgan fingerprint density at radius 3 is 2.35 bits per heavy atom. The molecule has 0 bridgehead atoms. The van der Waals surface area contributed by atoms with Crippen molar-refractivity contribution in [1.82, 2.24) is 0 Å². The summed E-state index contributed by atoms with van der Waals surface area (Å²) in [6.45, 7) is 2.24. The number of hydrogen-bond donors (Lipinski definition) is 1. The number of ether oxygens (including phenoxy) is 1. The van der Waals surface area contributed by atoms with E-state index < -0.39 is 11.0 Å². The zero-order valence-corrected chi connectivity index (χ0v) is 11.4. The summed E-state index contributed by atoms with van der Waals surface area (Å²) in [5, 5.41) is 10.9. The Kier molecular flexibility index (Phi) is 4.03. The SMILES string of the molecule is CCOC(=O)C1(C2(O)CCCC2)CCSCC1. The van der Waals surface area contributed by atoms with Crippen LogP contribution in [0.25, 0.3) is 0 Å². The third-order valence-electron chi connectivity index (χ3n) is 4.33. The molecule has 3 nitrogen and oxygen atoms in total. The molecule has 2 rings (SSSR count). The number of aliphatic hydroxyl groups is 1. The lowest BCUT2D eigenvalue weighted by molar-refractivity contribution is -0.177. The van der Waals surface area contributed by atoms with Gasteiger partial charge in [0, 0.05) is 0 Å². The van der Waals surface area contributed by atoms with Gasteiger partial charge in [0.15, 0.2) is 0 Å². The lowest BCUT2D eigenvalue weighted by Crippen LogP contribution is -2.54. The second kappa shape index (κ2) is 5.19. The van der Waals surface area contributed by atoms with Gasteiger partial charge in [-0.2, -0.15) is 11.8 Å². The Balaban J connectivity index is 2.25. The molecule has 0 aromatic heterocycles. The van der Waals surface area contributed by atoms with Crippen molar-refractivity contribution < 1.29 is 14.6 Å². The molecule has 1 aliphatic heterocycles. The van der Waals surface area contributed by atoms with Crippen molar-refractivity contribution in [3.63, 3.8) is 0 Å². The molecule has 2 fully saturated rings. The third kappa shape index (κ3) is 2.22. The van der Waals surface area contributed by atoms with Crippen LogP contribution < -0.4 is 0 Å². The van der Waals surface area contributed by atoms with E-state index in [2.05, 4.69) is 0 Å². The van der Waals surface area contributed by atoms with Crippen molar-refractivity contribution in [3.8, 4) is 0 Å². The fourth-order valence-corrected chi connectivity index (χ4v) is 4.48. The van der Waals surface area contributed by atoms with Gasteiger partial charge in [-0.15, -0.1) is 0 Å². The first-order valence-electron chi connectivity index (χ1n) is 6.62. The summed E-state index contributed by atoms with van der Waals surface area (Å²) in [7, 11) is 0. The summed E-state index contributed by atoms with van der Waals surface area (Å²) in [5.41, 5.74) is -1.43. The van der Waals surface area contributed by atoms with Crippen molar-refractivity contribution in [3.05, 3.63) is 0 Å². The van der Waals surface area contributed by atoms with Gasteiger partial charge in [0.25, 0.3) is 0 Å². The third-order valence-corrected chi connectivity index (χ3v) is 5.32. The van der Waals surface area contributed by atoms with Gasteiger partial charge < -0.3 is 9.84 Å². The molecule has 4 heteroatoms. The van der Waals surface area contributed by atoms with E-state index in [0.717, 1.165) is 50.0 Å². The lowest BCUT2D eigenvalue weighted by Gasteiger charge is -2.45. The number of thioether (sulfide) groups is 1. The summed E-state index contributed by atoms with van der Waals surface area (Å²) in [6, 6.07) is 0. The smallest absolute Gasteiger partial charge is 0.315 e. The molecule has 1 aliphatic carbocycles. The average Bonchev–Trinajstić information content (AvgIpc) is 2.79. The first-order chi connectivity index (χ1) is 8.15. The standard InChI is InChI=1S/C13H22O3S/c1-2-16-11(14)12(7-9-17-10-8-12)13(15)5-3-4-6-13/h15H,2-10H2,1H3. The van der Waals surface area contributed by atoms with Gasteiger partial charge >= 0.3 is 5.97 Å². The molecule has 0 aromatic carbocycles. The molecule has 1 saturated carbocycles. The van der Waals surface area contributed by atoms with E-state index in [1.165, 1.54) is 0 Å². The van der Waals surface area contributed by atoms with E-state index in [-0.39, 0.29) is 5.97 Å². The van der Waals surface area contributed by atoms with E-state index in [9.17, 15) is 9.90 Å². The van der Waals surface area contributed by atoms with Crippen LogP contribution in [0.15, 0.2) is 0 Å². The van der Waals surface area contributed by atoms with Gasteiger partial charge in [0.2, 0.25) is 0 Å². The van der Waals surface area contributed by atoms with Crippen molar-refractivity contribution in [2.75, 3.05) is 18.1 Å². The second-order valence-electron chi connectivity index (χ2n) is 5.15. The van der Waals surface area contributed by atoms with Crippen LogP contribution >= 0.6 is 11.8 Å². The van der Waals surface area contributed by atoms with E-state index in [1.807, 2.05) is 18.7 Å². The Labute approximate surface area is 107 Å². The number of carbonyl (C=O) groups excluding carboxylic acids is 1. The minimum absolute atomic E-state index is 0.162. The predicted molar refractivity (Wildman–Crippen MR) is 69.0 cm³/mol. The van der Waals surface area contributed by atoms with Crippen LogP contribution in [-0.2, 0) is 9.53 Å². The topological polar surface area (TPSA) is 46.5 Å². The maximum atomic E-state index is 12.3. The van der Waals surface area contributed by atoms with Crippen molar-refractivity contribution in [2.24, 2.45) is 5.41 Å². The molecule has 0 amide bonds. The molecule has 0 aromatic rings. The minimum Gasteiger partial charge on any atom is -0.465 e. The summed E-state index contributed by atoms with van der Waals surface area (Å²) >= 11 is 1.87. The highest BCUT2D eigenvalue weighted by Crippen LogP contribution is 2.51. The van der Waals surface area contributed by atoms with Crippen LogP contribution in [0.5, 0.6) is 0 Å². The number of esters is 1. The normalized spacial score (nSPS) is 26.7. The van der Waals surface area contributed by atoms with E-state index >= 15 is 0 Å². The average molecular weight is 258 g/mol. The van der Waals surface area contributed by atoms with Crippen LogP contribution in [0.2, 0.25) is 0 Å². The van der Waals surface area contributed by atoms with Crippen LogP contribution in [0.3, 0.4) is 0 Å². The first-order valence-corrected chi connectivity index (χ1v) is 7.77. The number of rotatable bonds is 3. The number of carbonyl (C=O) groups is 1. The maximum absolute atomic E-state index is 12.3. The summed E-state index contributed by atoms with van der Waals surface area (Å²) in [6.07, 6.45) is 5.13. The molecule has 1 saturated heterocycles. The molecule has 0 radical (unpaired) electrons. The Hall–Kier alpha value is -0.220. The first kappa shape index (κ1) is 13.2. The Morgan fingerprint density at radius 1 is 1.24 bits per heavy atom. The summed E-state index contributed by atoms with van der Waals surface area (Å²) < 4.78 is 5.25. The highest BCUT2D eigenvalue weighted by Gasteiger charge is 2.57. The molecule has 0 atom stereocenters. The molecule has 2 aliphatic rings. The quantitative estimate of drug-likeness (QED) is 0.789. The van der Waals surface area contributed by atoms with Gasteiger partial charge in [-0.1, -0.05) is 12.8 Å². The van der Waals surface area contributed by atoms with Gasteiger partial charge in [-0.25, -0.2) is 0 Å². The van der Waals surface area contributed by atoms with E-state index in [4.69, 9.17) is 4.74 Å². The summed E-state index contributed by atoms with van der Waals surface area (Å²) in [4.78, 5) is 12.3. The largest absolute Gasteiger partial charge is 0.465 e. The molecule has 1 N–H and O–H groups in total. The van der Waals surface area contributed by atoms with Gasteiger partial charge in [-0.3, -0.25) is 4.79 Å².